The minimum Gasteiger partial charge on any atom is -0.350 e. The van der Waals surface area contributed by atoms with Gasteiger partial charge in [-0.3, -0.25) is 4.98 Å². The number of tetrazole rings is 1. The van der Waals surface area contributed by atoms with Gasteiger partial charge in [-0.05, 0) is 36.6 Å². The summed E-state index contributed by atoms with van der Waals surface area (Å²) >= 11 is 0. The number of rotatable bonds is 3. The lowest BCUT2D eigenvalue weighted by atomic mass is 9.96. The number of hydrogen-bond donors (Lipinski definition) is 0. The maximum atomic E-state index is 5.72. The Labute approximate surface area is 153 Å². The lowest BCUT2D eigenvalue weighted by molar-refractivity contribution is -0.228. The minimum absolute atomic E-state index is 0.0443. The lowest BCUT2D eigenvalue weighted by Crippen LogP contribution is -2.40. The lowest BCUT2D eigenvalue weighted by Gasteiger charge is -2.34. The summed E-state index contributed by atoms with van der Waals surface area (Å²) in [5.74, 6) is 7.51. The van der Waals surface area contributed by atoms with Gasteiger partial charge in [0.25, 0.3) is 0 Å². The van der Waals surface area contributed by atoms with Crippen LogP contribution in [-0.2, 0) is 16.0 Å². The summed E-state index contributed by atoms with van der Waals surface area (Å²) in [5, 5.41) is 12.7. The van der Waals surface area contributed by atoms with Gasteiger partial charge in [0, 0.05) is 23.1 Å². The molecule has 0 amide bonds. The van der Waals surface area contributed by atoms with Gasteiger partial charge in [0.15, 0.2) is 6.29 Å². The smallest absolute Gasteiger partial charge is 0.223 e. The highest BCUT2D eigenvalue weighted by Gasteiger charge is 2.29. The molecular formula is C19H23N5O2. The Morgan fingerprint density at radius 3 is 2.73 bits per heavy atom. The van der Waals surface area contributed by atoms with Crippen LogP contribution in [0.3, 0.4) is 0 Å². The van der Waals surface area contributed by atoms with Crippen molar-refractivity contribution in [2.45, 2.75) is 46.4 Å². The van der Waals surface area contributed by atoms with Gasteiger partial charge in [-0.1, -0.05) is 25.7 Å². The molecule has 0 N–H and O–H groups in total. The van der Waals surface area contributed by atoms with Crippen molar-refractivity contribution in [2.75, 3.05) is 13.2 Å². The molecule has 0 radical (unpaired) electrons. The predicted molar refractivity (Wildman–Crippen MR) is 94.9 cm³/mol. The molecule has 0 bridgehead atoms. The molecule has 1 aliphatic heterocycles. The van der Waals surface area contributed by atoms with Crippen molar-refractivity contribution in [1.82, 2.24) is 25.2 Å². The van der Waals surface area contributed by atoms with E-state index in [0.29, 0.717) is 31.5 Å². The molecule has 0 aromatic carbocycles. The SMILES string of the molecule is Cc1cc(C#CC2CC2)cnc1-c1nnn(CC2OCC(C)(C)CO2)n1. The number of nitrogens with zero attached hydrogens (tertiary/aromatic N) is 5. The fourth-order valence-electron chi connectivity index (χ4n) is 2.67. The molecule has 0 spiro atoms. The van der Waals surface area contributed by atoms with Crippen LogP contribution in [0.5, 0.6) is 0 Å². The van der Waals surface area contributed by atoms with Crippen LogP contribution in [-0.4, -0.2) is 44.7 Å². The molecule has 7 heteroatoms. The normalized spacial score (nSPS) is 19.8. The van der Waals surface area contributed by atoms with Crippen molar-refractivity contribution in [3.63, 3.8) is 0 Å². The Bertz CT molecular complexity index is 850. The van der Waals surface area contributed by atoms with E-state index >= 15 is 0 Å². The fourth-order valence-corrected chi connectivity index (χ4v) is 2.67. The van der Waals surface area contributed by atoms with Crippen LogP contribution in [0.2, 0.25) is 0 Å². The molecular weight excluding hydrogens is 330 g/mol. The molecule has 2 aromatic heterocycles. The van der Waals surface area contributed by atoms with E-state index in [9.17, 15) is 0 Å². The molecule has 136 valence electrons. The van der Waals surface area contributed by atoms with Crippen LogP contribution in [0, 0.1) is 30.1 Å². The van der Waals surface area contributed by atoms with Gasteiger partial charge in [-0.25, -0.2) is 0 Å². The van der Waals surface area contributed by atoms with Gasteiger partial charge in [-0.2, -0.15) is 4.80 Å². The first-order valence-corrected chi connectivity index (χ1v) is 8.98. The average Bonchev–Trinajstić information content (AvgIpc) is 3.33. The van der Waals surface area contributed by atoms with Crippen LogP contribution in [0.15, 0.2) is 12.3 Å². The van der Waals surface area contributed by atoms with E-state index in [1.165, 1.54) is 17.6 Å². The van der Waals surface area contributed by atoms with Crippen molar-refractivity contribution in [3.05, 3.63) is 23.4 Å². The minimum atomic E-state index is -0.348. The highest BCUT2D eigenvalue weighted by Crippen LogP contribution is 2.27. The van der Waals surface area contributed by atoms with Crippen molar-refractivity contribution in [1.29, 1.82) is 0 Å². The van der Waals surface area contributed by atoms with E-state index in [1.807, 2.05) is 13.0 Å². The van der Waals surface area contributed by atoms with E-state index < -0.39 is 0 Å². The Morgan fingerprint density at radius 2 is 2.04 bits per heavy atom. The highest BCUT2D eigenvalue weighted by atomic mass is 16.7. The summed E-state index contributed by atoms with van der Waals surface area (Å²) in [5.41, 5.74) is 2.68. The van der Waals surface area contributed by atoms with E-state index in [4.69, 9.17) is 9.47 Å². The van der Waals surface area contributed by atoms with Crippen molar-refractivity contribution >= 4 is 0 Å². The molecule has 7 nitrogen and oxygen atoms in total. The second-order valence-electron chi connectivity index (χ2n) is 7.82. The summed E-state index contributed by atoms with van der Waals surface area (Å²) < 4.78 is 11.4. The number of pyridine rings is 1. The number of aromatic nitrogens is 5. The summed E-state index contributed by atoms with van der Waals surface area (Å²) in [6.07, 6.45) is 3.86. The maximum absolute atomic E-state index is 5.72. The van der Waals surface area contributed by atoms with Crippen molar-refractivity contribution < 1.29 is 9.47 Å². The number of ether oxygens (including phenoxy) is 2. The van der Waals surface area contributed by atoms with Gasteiger partial charge < -0.3 is 9.47 Å². The quantitative estimate of drug-likeness (QED) is 0.788. The van der Waals surface area contributed by atoms with Gasteiger partial charge in [0.05, 0.1) is 13.2 Å². The molecule has 4 rings (SSSR count). The standard InChI is InChI=1S/C19H23N5O2/c1-13-8-15(7-6-14-4-5-14)9-20-17(13)18-21-23-24(22-18)10-16-25-11-19(2,3)12-26-16/h8-9,14,16H,4-5,10-12H2,1-3H3. The molecule has 26 heavy (non-hydrogen) atoms. The third-order valence-electron chi connectivity index (χ3n) is 4.37. The summed E-state index contributed by atoms with van der Waals surface area (Å²) in [6.45, 7) is 7.94. The highest BCUT2D eigenvalue weighted by molar-refractivity contribution is 5.55. The van der Waals surface area contributed by atoms with Crippen LogP contribution in [0.4, 0.5) is 0 Å². The second-order valence-corrected chi connectivity index (χ2v) is 7.82. The van der Waals surface area contributed by atoms with E-state index in [-0.39, 0.29) is 11.7 Å². The third-order valence-corrected chi connectivity index (χ3v) is 4.37. The van der Waals surface area contributed by atoms with E-state index in [2.05, 4.69) is 46.1 Å². The topological polar surface area (TPSA) is 75.0 Å². The van der Waals surface area contributed by atoms with Crippen LogP contribution in [0.25, 0.3) is 11.5 Å². The first-order chi connectivity index (χ1) is 12.5. The molecule has 1 saturated carbocycles. The zero-order chi connectivity index (χ0) is 18.1. The molecule has 2 aliphatic rings. The number of hydrogen-bond acceptors (Lipinski definition) is 6. The van der Waals surface area contributed by atoms with Crippen LogP contribution in [0.1, 0.15) is 37.8 Å². The van der Waals surface area contributed by atoms with Gasteiger partial charge in [0.1, 0.15) is 12.2 Å². The molecule has 1 aliphatic carbocycles. The third kappa shape index (κ3) is 4.09. The van der Waals surface area contributed by atoms with E-state index in [0.717, 1.165) is 16.8 Å². The molecule has 2 aromatic rings. The van der Waals surface area contributed by atoms with Crippen molar-refractivity contribution in [3.8, 4) is 23.4 Å². The second kappa shape index (κ2) is 6.78. The molecule has 2 fully saturated rings. The largest absolute Gasteiger partial charge is 0.350 e. The van der Waals surface area contributed by atoms with Crippen LogP contribution >= 0.6 is 0 Å². The summed E-state index contributed by atoms with van der Waals surface area (Å²) in [7, 11) is 0. The molecule has 0 unspecified atom stereocenters. The average molecular weight is 353 g/mol. The molecule has 0 atom stereocenters. The maximum Gasteiger partial charge on any atom is 0.223 e. The van der Waals surface area contributed by atoms with Gasteiger partial charge >= 0.3 is 0 Å². The van der Waals surface area contributed by atoms with E-state index in [1.54, 1.807) is 6.20 Å². The zero-order valence-electron chi connectivity index (χ0n) is 15.4. The Hall–Kier alpha value is -2.30. The monoisotopic (exact) mass is 353 g/mol. The fraction of sp³-hybridized carbons (Fsp3) is 0.579. The summed E-state index contributed by atoms with van der Waals surface area (Å²) in [4.78, 5) is 5.98. The van der Waals surface area contributed by atoms with Gasteiger partial charge in [0.2, 0.25) is 5.82 Å². The summed E-state index contributed by atoms with van der Waals surface area (Å²) in [6, 6.07) is 2.02. The first kappa shape index (κ1) is 17.1. The Morgan fingerprint density at radius 1 is 1.27 bits per heavy atom. The first-order valence-electron chi connectivity index (χ1n) is 8.98. The Balaban J connectivity index is 1.43. The molecule has 3 heterocycles. The van der Waals surface area contributed by atoms with Gasteiger partial charge in [-0.15, -0.1) is 10.2 Å². The Kier molecular flexibility index (Phi) is 4.47. The van der Waals surface area contributed by atoms with Crippen molar-refractivity contribution in [2.24, 2.45) is 11.3 Å². The predicted octanol–water partition coefficient (Wildman–Crippen LogP) is 2.20. The van der Waals surface area contributed by atoms with Crippen LogP contribution < -0.4 is 0 Å². The zero-order valence-corrected chi connectivity index (χ0v) is 15.4. The molecule has 1 saturated heterocycles. The number of aryl methyl sites for hydroxylation is 1.